The van der Waals surface area contributed by atoms with Crippen molar-refractivity contribution in [2.45, 2.75) is 50.4 Å². The summed E-state index contributed by atoms with van der Waals surface area (Å²) in [5.74, 6) is -1.58. The molecule has 8 nitrogen and oxygen atoms in total. The number of H-pyrrole nitrogens is 1. The number of anilines is 1. The van der Waals surface area contributed by atoms with Gasteiger partial charge >= 0.3 is 6.09 Å². The standard InChI is InChI=1S/C20H22F2N4O4/c21-14-4-1-3-11(18(14)22)10-23-20(28)30-13-7-12(8-13)15-9-17(26-25-15)24-19(27)16-5-2-6-29-16/h1,3-4,9,12-13,16H,2,5-8,10H2,(H,23,28)(H2,24,25,26,27)/t12?,13?,16-/m1/s1. The number of carbonyl (C=O) groups excluding carboxylic acids is 2. The van der Waals surface area contributed by atoms with Gasteiger partial charge in [0.1, 0.15) is 12.2 Å². The highest BCUT2D eigenvalue weighted by Crippen LogP contribution is 2.38. The Kier molecular flexibility index (Phi) is 5.93. The molecule has 0 unspecified atom stereocenters. The van der Waals surface area contributed by atoms with E-state index in [1.165, 1.54) is 12.1 Å². The normalized spacial score (nSPS) is 22.9. The summed E-state index contributed by atoms with van der Waals surface area (Å²) >= 11 is 0. The van der Waals surface area contributed by atoms with E-state index in [-0.39, 0.29) is 30.0 Å². The molecule has 1 atom stereocenters. The van der Waals surface area contributed by atoms with Crippen LogP contribution in [0.3, 0.4) is 0 Å². The predicted molar refractivity (Wildman–Crippen MR) is 102 cm³/mol. The number of ether oxygens (including phenoxy) is 2. The number of nitrogens with zero attached hydrogens (tertiary/aromatic N) is 1. The smallest absolute Gasteiger partial charge is 0.407 e. The molecule has 2 fully saturated rings. The second-order valence-corrected chi connectivity index (χ2v) is 7.46. The summed E-state index contributed by atoms with van der Waals surface area (Å²) in [6.07, 6.45) is 1.39. The maximum Gasteiger partial charge on any atom is 0.407 e. The summed E-state index contributed by atoms with van der Waals surface area (Å²) in [6.45, 7) is 0.436. The molecule has 160 valence electrons. The second kappa shape index (κ2) is 8.78. The van der Waals surface area contributed by atoms with Gasteiger partial charge in [-0.15, -0.1) is 0 Å². The van der Waals surface area contributed by atoms with Gasteiger partial charge in [-0.05, 0) is 31.7 Å². The van der Waals surface area contributed by atoms with Crippen molar-refractivity contribution in [1.82, 2.24) is 15.5 Å². The zero-order valence-corrected chi connectivity index (χ0v) is 16.1. The van der Waals surface area contributed by atoms with Crippen molar-refractivity contribution in [3.8, 4) is 0 Å². The fourth-order valence-corrected chi connectivity index (χ4v) is 3.56. The van der Waals surface area contributed by atoms with Gasteiger partial charge < -0.3 is 20.1 Å². The number of halogens is 2. The van der Waals surface area contributed by atoms with Crippen LogP contribution >= 0.6 is 0 Å². The molecule has 2 aromatic rings. The number of carbonyl (C=O) groups is 2. The van der Waals surface area contributed by atoms with Gasteiger partial charge in [0.05, 0.1) is 0 Å². The molecule has 3 N–H and O–H groups in total. The molecule has 1 aliphatic carbocycles. The zero-order chi connectivity index (χ0) is 21.1. The maximum atomic E-state index is 13.6. The van der Waals surface area contributed by atoms with Crippen LogP contribution in [0.4, 0.5) is 19.4 Å². The van der Waals surface area contributed by atoms with Crippen molar-refractivity contribution in [1.29, 1.82) is 0 Å². The molecular formula is C20H22F2N4O4. The molecule has 30 heavy (non-hydrogen) atoms. The Balaban J connectivity index is 1.19. The highest BCUT2D eigenvalue weighted by molar-refractivity contribution is 5.93. The molecule has 2 amide bonds. The lowest BCUT2D eigenvalue weighted by atomic mass is 9.80. The van der Waals surface area contributed by atoms with Crippen LogP contribution in [0.25, 0.3) is 0 Å². The Morgan fingerprint density at radius 3 is 2.90 bits per heavy atom. The Morgan fingerprint density at radius 1 is 1.30 bits per heavy atom. The molecule has 2 aliphatic rings. The first-order valence-electron chi connectivity index (χ1n) is 9.84. The number of amides is 2. The third kappa shape index (κ3) is 4.59. The van der Waals surface area contributed by atoms with Crippen molar-refractivity contribution in [2.24, 2.45) is 0 Å². The Morgan fingerprint density at radius 2 is 2.13 bits per heavy atom. The molecule has 2 heterocycles. The van der Waals surface area contributed by atoms with E-state index in [1.807, 2.05) is 0 Å². The van der Waals surface area contributed by atoms with Crippen molar-refractivity contribution >= 4 is 17.8 Å². The number of hydrogen-bond donors (Lipinski definition) is 3. The van der Waals surface area contributed by atoms with Gasteiger partial charge in [-0.1, -0.05) is 12.1 Å². The molecule has 1 saturated carbocycles. The van der Waals surface area contributed by atoms with Gasteiger partial charge in [-0.3, -0.25) is 9.89 Å². The van der Waals surface area contributed by atoms with E-state index in [9.17, 15) is 18.4 Å². The van der Waals surface area contributed by atoms with Crippen LogP contribution in [0.2, 0.25) is 0 Å². The summed E-state index contributed by atoms with van der Waals surface area (Å²) in [5.41, 5.74) is 0.896. The second-order valence-electron chi connectivity index (χ2n) is 7.46. The monoisotopic (exact) mass is 420 g/mol. The fourth-order valence-electron chi connectivity index (χ4n) is 3.56. The lowest BCUT2D eigenvalue weighted by Gasteiger charge is -2.33. The van der Waals surface area contributed by atoms with Gasteiger partial charge in [0.15, 0.2) is 17.5 Å². The van der Waals surface area contributed by atoms with Crippen LogP contribution in [0.15, 0.2) is 24.3 Å². The Hall–Kier alpha value is -3.01. The molecule has 1 aliphatic heterocycles. The van der Waals surface area contributed by atoms with E-state index >= 15 is 0 Å². The molecule has 1 aromatic carbocycles. The highest BCUT2D eigenvalue weighted by atomic mass is 19.2. The van der Waals surface area contributed by atoms with Gasteiger partial charge in [0.25, 0.3) is 5.91 Å². The van der Waals surface area contributed by atoms with E-state index in [0.717, 1.165) is 18.2 Å². The lowest BCUT2D eigenvalue weighted by Crippen LogP contribution is -2.36. The number of hydrogen-bond acceptors (Lipinski definition) is 5. The lowest BCUT2D eigenvalue weighted by molar-refractivity contribution is -0.124. The van der Waals surface area contributed by atoms with Crippen LogP contribution < -0.4 is 10.6 Å². The Labute approximate surface area is 171 Å². The zero-order valence-electron chi connectivity index (χ0n) is 16.1. The Bertz CT molecular complexity index is 923. The van der Waals surface area contributed by atoms with Crippen molar-refractivity contribution in [3.63, 3.8) is 0 Å². The minimum atomic E-state index is -0.983. The third-order valence-corrected chi connectivity index (χ3v) is 5.33. The quantitative estimate of drug-likeness (QED) is 0.666. The summed E-state index contributed by atoms with van der Waals surface area (Å²) in [6, 6.07) is 5.55. The predicted octanol–water partition coefficient (Wildman–Crippen LogP) is 2.98. The molecule has 4 rings (SSSR count). The average molecular weight is 420 g/mol. The first-order valence-corrected chi connectivity index (χ1v) is 9.84. The van der Waals surface area contributed by atoms with Gasteiger partial charge in [-0.25, -0.2) is 13.6 Å². The van der Waals surface area contributed by atoms with Crippen LogP contribution in [0.1, 0.15) is 42.9 Å². The molecule has 1 aromatic heterocycles. The molecule has 0 radical (unpaired) electrons. The number of nitrogens with one attached hydrogen (secondary N) is 3. The summed E-state index contributed by atoms with van der Waals surface area (Å²) in [5, 5.41) is 12.2. The molecular weight excluding hydrogens is 398 g/mol. The minimum absolute atomic E-state index is 0.0495. The van der Waals surface area contributed by atoms with E-state index in [1.54, 1.807) is 6.07 Å². The van der Waals surface area contributed by atoms with Crippen LogP contribution in [-0.2, 0) is 20.8 Å². The van der Waals surface area contributed by atoms with Crippen LogP contribution in [0, 0.1) is 11.6 Å². The number of aromatic amines is 1. The highest BCUT2D eigenvalue weighted by Gasteiger charge is 2.35. The number of aromatic nitrogens is 2. The van der Waals surface area contributed by atoms with Crippen LogP contribution in [0.5, 0.6) is 0 Å². The SMILES string of the molecule is O=C(NCc1cccc(F)c1F)OC1CC(c2cc(NC(=O)[C@H]3CCCO3)n[nH]2)C1. The van der Waals surface area contributed by atoms with Gasteiger partial charge in [0.2, 0.25) is 0 Å². The minimum Gasteiger partial charge on any atom is -0.446 e. The first kappa shape index (κ1) is 20.3. The third-order valence-electron chi connectivity index (χ3n) is 5.33. The fraction of sp³-hybridized carbons (Fsp3) is 0.450. The van der Waals surface area contributed by atoms with Crippen molar-refractivity contribution in [2.75, 3.05) is 11.9 Å². The van der Waals surface area contributed by atoms with Crippen LogP contribution in [-0.4, -0.2) is 41.0 Å². The van der Waals surface area contributed by atoms with E-state index < -0.39 is 23.8 Å². The number of alkyl carbamates (subject to hydrolysis) is 1. The molecule has 0 bridgehead atoms. The van der Waals surface area contributed by atoms with E-state index in [2.05, 4.69) is 20.8 Å². The van der Waals surface area contributed by atoms with E-state index in [0.29, 0.717) is 31.7 Å². The average Bonchev–Trinajstić information content (AvgIpc) is 3.37. The molecule has 0 spiro atoms. The molecule has 10 heteroatoms. The molecule has 1 saturated heterocycles. The van der Waals surface area contributed by atoms with Gasteiger partial charge in [0, 0.05) is 36.4 Å². The van der Waals surface area contributed by atoms with Crippen molar-refractivity contribution in [3.05, 3.63) is 47.2 Å². The maximum absolute atomic E-state index is 13.6. The summed E-state index contributed by atoms with van der Waals surface area (Å²) < 4.78 is 37.4. The number of benzene rings is 1. The summed E-state index contributed by atoms with van der Waals surface area (Å²) in [7, 11) is 0. The topological polar surface area (TPSA) is 105 Å². The summed E-state index contributed by atoms with van der Waals surface area (Å²) in [4.78, 5) is 23.9. The first-order chi connectivity index (χ1) is 14.5. The van der Waals surface area contributed by atoms with Gasteiger partial charge in [-0.2, -0.15) is 5.10 Å². The van der Waals surface area contributed by atoms with E-state index in [4.69, 9.17) is 9.47 Å². The number of rotatable bonds is 6. The van der Waals surface area contributed by atoms with Crippen molar-refractivity contribution < 1.29 is 27.8 Å². The largest absolute Gasteiger partial charge is 0.446 e.